The molecule has 48 heavy (non-hydrogen) atoms. The molecule has 2 heterocycles. The van der Waals surface area contributed by atoms with E-state index in [9.17, 15) is 5.11 Å². The quantitative estimate of drug-likeness (QED) is 0.139. The van der Waals surface area contributed by atoms with Gasteiger partial charge in [0.05, 0.1) is 10.7 Å². The Kier molecular flexibility index (Phi) is 7.76. The van der Waals surface area contributed by atoms with Crippen LogP contribution in [-0.2, 0) is 13.0 Å². The first-order valence-corrected chi connectivity index (χ1v) is 18.4. The summed E-state index contributed by atoms with van der Waals surface area (Å²) in [6, 6.07) is 18.8. The Bertz CT molecular complexity index is 2110. The molecule has 8 rings (SSSR count). The van der Waals surface area contributed by atoms with E-state index in [-0.39, 0.29) is 17.2 Å². The fourth-order valence-corrected chi connectivity index (χ4v) is 10.4. The van der Waals surface area contributed by atoms with Crippen molar-refractivity contribution in [1.82, 2.24) is 19.5 Å². The second-order valence-electron chi connectivity index (χ2n) is 14.1. The molecule has 1 unspecified atom stereocenters. The highest BCUT2D eigenvalue weighted by atomic mass is 32.2. The fraction of sp³-hybridized carbons (Fsp3) is 0.425. The number of aromatic nitrogens is 4. The van der Waals surface area contributed by atoms with Crippen LogP contribution in [0.2, 0.25) is 0 Å². The molecule has 3 aliphatic carbocycles. The van der Waals surface area contributed by atoms with Crippen molar-refractivity contribution in [3.05, 3.63) is 71.8 Å². The third-order valence-corrected chi connectivity index (χ3v) is 12.7. The van der Waals surface area contributed by atoms with Gasteiger partial charge in [-0.2, -0.15) is 14.4 Å². The normalized spacial score (nSPS) is 26.2. The summed E-state index contributed by atoms with van der Waals surface area (Å²) in [5.74, 6) is 5.90. The van der Waals surface area contributed by atoms with E-state index in [1.165, 1.54) is 11.1 Å². The lowest BCUT2D eigenvalue weighted by atomic mass is 9.53. The van der Waals surface area contributed by atoms with Crippen LogP contribution in [0.5, 0.6) is 11.8 Å². The molecule has 0 aliphatic heterocycles. The minimum absolute atomic E-state index is 0.0537. The van der Waals surface area contributed by atoms with Gasteiger partial charge in [-0.1, -0.05) is 57.0 Å². The molecule has 0 bridgehead atoms. The summed E-state index contributed by atoms with van der Waals surface area (Å²) < 4.78 is 23.7. The van der Waals surface area contributed by atoms with Gasteiger partial charge < -0.3 is 14.4 Å². The highest BCUT2D eigenvalue weighted by Gasteiger charge is 2.61. The van der Waals surface area contributed by atoms with Crippen molar-refractivity contribution in [2.75, 3.05) is 5.75 Å². The second kappa shape index (κ2) is 11.9. The number of hydrogen-bond donors (Lipinski definition) is 1. The molecule has 0 radical (unpaired) electrons. The molecular weight excluding hydrogens is 620 g/mol. The summed E-state index contributed by atoms with van der Waals surface area (Å²) in [6.45, 7) is 7.25. The van der Waals surface area contributed by atoms with Gasteiger partial charge in [-0.3, -0.25) is 0 Å². The zero-order chi connectivity index (χ0) is 33.2. The highest BCUT2D eigenvalue weighted by molar-refractivity contribution is 7.99. The first-order chi connectivity index (χ1) is 23.3. The molecule has 246 valence electrons. The smallest absolute Gasteiger partial charge is 0.328 e. The van der Waals surface area contributed by atoms with E-state index >= 15 is 4.39 Å². The van der Waals surface area contributed by atoms with Crippen molar-refractivity contribution in [1.29, 1.82) is 0 Å². The Morgan fingerprint density at radius 3 is 2.56 bits per heavy atom. The second-order valence-corrected chi connectivity index (χ2v) is 15.3. The number of rotatable bonds is 7. The van der Waals surface area contributed by atoms with Crippen molar-refractivity contribution in [3.8, 4) is 35.6 Å². The molecule has 3 aromatic carbocycles. The number of terminal acetylenes is 1. The van der Waals surface area contributed by atoms with E-state index in [1.807, 2.05) is 12.1 Å². The molecule has 5 aromatic rings. The van der Waals surface area contributed by atoms with Gasteiger partial charge in [-0.05, 0) is 115 Å². The van der Waals surface area contributed by atoms with Crippen LogP contribution in [0.25, 0.3) is 33.1 Å². The molecule has 2 fully saturated rings. The number of hydrogen-bond acceptors (Lipinski definition) is 6. The number of ether oxygens (including phenoxy) is 1. The van der Waals surface area contributed by atoms with Gasteiger partial charge >= 0.3 is 12.1 Å². The SMILES string of the molecule is C#CC1(O)CC[C@H]2[C@@H]3CCc4cc(Oc5nc(F)nc(-c6c7cc8ccccc8cc7c(SCC)n6CCC)n5)ccc4[C@H]3CC[C@@]21C. The maximum absolute atomic E-state index is 15.2. The predicted octanol–water partition coefficient (Wildman–Crippen LogP) is 9.32. The van der Waals surface area contributed by atoms with E-state index in [0.29, 0.717) is 29.9 Å². The van der Waals surface area contributed by atoms with Gasteiger partial charge in [0.1, 0.15) is 11.4 Å². The molecule has 2 aromatic heterocycles. The van der Waals surface area contributed by atoms with Crippen LogP contribution < -0.4 is 4.74 Å². The Hall–Kier alpha value is -3.93. The van der Waals surface area contributed by atoms with Crippen molar-refractivity contribution in [2.45, 2.75) is 88.8 Å². The minimum Gasteiger partial charge on any atom is -0.424 e. The molecule has 8 heteroatoms. The standard InChI is InChI=1S/C40H41FN4O2S/c1-5-20-45-34(31-22-24-10-8-9-11-25(24)23-32(31)36(45)48-7-3)35-42-37(41)44-38(43-35)47-27-13-15-28-26(21-27)12-14-30-29(28)16-18-39(4)33(30)17-19-40(39,46)6-2/h2,8-11,13,15,21-23,29-30,33,46H,5,7,12,14,16-20H2,1,3-4H3/t29-,30-,33+,39+,40?/m1/s1. The number of thioether (sulfide) groups is 1. The largest absolute Gasteiger partial charge is 0.424 e. The van der Waals surface area contributed by atoms with Crippen molar-refractivity contribution in [3.63, 3.8) is 0 Å². The summed E-state index contributed by atoms with van der Waals surface area (Å²) in [5, 5.41) is 16.8. The maximum Gasteiger partial charge on any atom is 0.328 e. The Morgan fingerprint density at radius 1 is 1.02 bits per heavy atom. The topological polar surface area (TPSA) is 73.1 Å². The monoisotopic (exact) mass is 660 g/mol. The summed E-state index contributed by atoms with van der Waals surface area (Å²) in [6.07, 6.45) is 11.5. The third-order valence-electron chi connectivity index (χ3n) is 11.7. The highest BCUT2D eigenvalue weighted by Crippen LogP contribution is 2.64. The lowest BCUT2D eigenvalue weighted by Crippen LogP contribution is -2.50. The van der Waals surface area contributed by atoms with Gasteiger partial charge in [0.2, 0.25) is 0 Å². The zero-order valence-electron chi connectivity index (χ0n) is 27.8. The number of nitrogens with zero attached hydrogens (tertiary/aromatic N) is 4. The van der Waals surface area contributed by atoms with E-state index < -0.39 is 11.7 Å². The predicted molar refractivity (Wildman–Crippen MR) is 190 cm³/mol. The first kappa shape index (κ1) is 31.3. The first-order valence-electron chi connectivity index (χ1n) is 17.4. The molecule has 0 saturated heterocycles. The van der Waals surface area contributed by atoms with Gasteiger partial charge in [0.25, 0.3) is 0 Å². The summed E-state index contributed by atoms with van der Waals surface area (Å²) in [5.41, 5.74) is 2.16. The molecule has 3 aliphatic rings. The number of halogens is 1. The van der Waals surface area contributed by atoms with Crippen LogP contribution in [0, 0.1) is 35.7 Å². The van der Waals surface area contributed by atoms with E-state index in [4.69, 9.17) is 16.1 Å². The lowest BCUT2D eigenvalue weighted by molar-refractivity contribution is -0.0646. The summed E-state index contributed by atoms with van der Waals surface area (Å²) in [4.78, 5) is 12.9. The molecule has 6 nitrogen and oxygen atoms in total. The number of benzene rings is 3. The molecule has 5 atom stereocenters. The molecular formula is C40H41FN4O2S. The van der Waals surface area contributed by atoms with Crippen LogP contribution in [0.3, 0.4) is 0 Å². The Balaban J connectivity index is 1.13. The molecule has 0 spiro atoms. The van der Waals surface area contributed by atoms with E-state index in [1.54, 1.807) is 11.8 Å². The van der Waals surface area contributed by atoms with Gasteiger partial charge in [-0.25, -0.2) is 0 Å². The van der Waals surface area contributed by atoms with Crippen molar-refractivity contribution >= 4 is 33.3 Å². The van der Waals surface area contributed by atoms with E-state index in [2.05, 4.69) is 83.7 Å². The summed E-state index contributed by atoms with van der Waals surface area (Å²) >= 11 is 1.78. The third kappa shape index (κ3) is 4.84. The molecule has 2 saturated carbocycles. The van der Waals surface area contributed by atoms with E-state index in [0.717, 1.165) is 83.1 Å². The molecule has 0 amide bonds. The van der Waals surface area contributed by atoms with Gasteiger partial charge in [-0.15, -0.1) is 23.2 Å². The number of aryl methyl sites for hydroxylation is 1. The number of aliphatic hydroxyl groups is 1. The molecule has 1 N–H and O–H groups in total. The minimum atomic E-state index is -1.01. The zero-order valence-corrected chi connectivity index (χ0v) is 28.6. The van der Waals surface area contributed by atoms with Crippen molar-refractivity contribution in [2.24, 2.45) is 17.3 Å². The van der Waals surface area contributed by atoms with Crippen LogP contribution >= 0.6 is 11.8 Å². The van der Waals surface area contributed by atoms with Crippen LogP contribution in [0.4, 0.5) is 4.39 Å². The van der Waals surface area contributed by atoms with Crippen LogP contribution in [0.1, 0.15) is 76.3 Å². The van der Waals surface area contributed by atoms with Crippen LogP contribution in [-0.4, -0.2) is 36.0 Å². The average Bonchev–Trinajstić information content (AvgIpc) is 3.53. The Labute approximate surface area is 285 Å². The fourth-order valence-electron chi connectivity index (χ4n) is 9.44. The lowest BCUT2D eigenvalue weighted by Gasteiger charge is -2.52. The van der Waals surface area contributed by atoms with Crippen LogP contribution in [0.15, 0.2) is 59.6 Å². The van der Waals surface area contributed by atoms with Gasteiger partial charge in [0.15, 0.2) is 5.82 Å². The number of fused-ring (bicyclic) bond motifs is 7. The maximum atomic E-state index is 15.2. The Morgan fingerprint density at radius 2 is 1.81 bits per heavy atom. The summed E-state index contributed by atoms with van der Waals surface area (Å²) in [7, 11) is 0. The van der Waals surface area contributed by atoms with Gasteiger partial charge in [0, 0.05) is 22.7 Å². The van der Waals surface area contributed by atoms with Crippen molar-refractivity contribution < 1.29 is 14.2 Å². The average molecular weight is 661 g/mol.